The Hall–Kier alpha value is -3.60. The Kier molecular flexibility index (Phi) is 19.2. The molecule has 3 heterocycles. The number of halogens is 1. The number of imidazole rings is 1. The van der Waals surface area contributed by atoms with Gasteiger partial charge < -0.3 is 24.8 Å². The zero-order chi connectivity index (χ0) is 41.1. The summed E-state index contributed by atoms with van der Waals surface area (Å²) in [4.78, 5) is 25.1. The molecule has 1 unspecified atom stereocenters. The molecule has 13 nitrogen and oxygen atoms in total. The summed E-state index contributed by atoms with van der Waals surface area (Å²) in [6, 6.07) is 7.25. The van der Waals surface area contributed by atoms with Crippen molar-refractivity contribution in [1.82, 2.24) is 24.6 Å². The highest BCUT2D eigenvalue weighted by molar-refractivity contribution is 7.52. The second-order valence-corrected chi connectivity index (χ2v) is 16.9. The van der Waals surface area contributed by atoms with E-state index in [9.17, 15) is 18.9 Å². The Morgan fingerprint density at radius 3 is 2.18 bits per heavy atom. The molecule has 15 heteroatoms. The number of terminal acetylenes is 1. The summed E-state index contributed by atoms with van der Waals surface area (Å²) in [6.45, 7) is 5.38. The third-order valence-corrected chi connectivity index (χ3v) is 12.1. The first-order valence-electron chi connectivity index (χ1n) is 21.0. The van der Waals surface area contributed by atoms with Crippen molar-refractivity contribution in [3.05, 3.63) is 42.7 Å². The molecule has 0 amide bonds. The number of aromatic nitrogens is 4. The minimum Gasteiger partial charge on any atom is -0.461 e. The summed E-state index contributed by atoms with van der Waals surface area (Å²) in [6.07, 6.45) is 24.0. The van der Waals surface area contributed by atoms with E-state index >= 15 is 0 Å². The predicted octanol–water partition coefficient (Wildman–Crippen LogP) is 9.35. The number of carbonyl (C=O) groups excluding carboxylic acids is 1. The Bertz CT molecular complexity index is 1720. The average molecular weight is 815 g/mol. The molecule has 3 aromatic rings. The van der Waals surface area contributed by atoms with Crippen LogP contribution in [-0.2, 0) is 23.4 Å². The minimum atomic E-state index is -4.39. The van der Waals surface area contributed by atoms with Gasteiger partial charge in [0.25, 0.3) is 0 Å². The smallest absolute Gasteiger partial charge is 0.459 e. The summed E-state index contributed by atoms with van der Waals surface area (Å²) < 4.78 is 54.0. The van der Waals surface area contributed by atoms with Crippen molar-refractivity contribution in [3.63, 3.8) is 0 Å². The van der Waals surface area contributed by atoms with Crippen LogP contribution in [0.25, 0.3) is 11.2 Å². The number of rotatable bonds is 28. The standard InChI is InChI=1S/C42H64FN6O7P/c1-5-8-10-12-14-16-18-21-25-33(26-22-19-17-15-13-11-9-6-2)54-40(51)32(4)48-57(52,56-34-27-23-20-24-28-34)53-30-42(7-3)35(50)29-36(55-42)49-31-45-37-38(44)46-41(43)47-39(37)49/h3,20,23-24,27-28,31-33,35-36,50H,5-6,8-19,21-22,25-26,29-30H2,1-2,4H3,(H,48,52)(H2,44,46,47)/t32-,35-,36+,42+,57?/m0/s1. The van der Waals surface area contributed by atoms with E-state index in [0.29, 0.717) is 0 Å². The van der Waals surface area contributed by atoms with Crippen molar-refractivity contribution in [2.75, 3.05) is 12.3 Å². The number of carbonyl (C=O) groups is 1. The van der Waals surface area contributed by atoms with Crippen molar-refractivity contribution in [2.24, 2.45) is 0 Å². The van der Waals surface area contributed by atoms with E-state index in [1.165, 1.54) is 75.1 Å². The van der Waals surface area contributed by atoms with Crippen LogP contribution in [0.2, 0.25) is 0 Å². The average Bonchev–Trinajstić information content (AvgIpc) is 3.77. The molecular weight excluding hydrogens is 750 g/mol. The Morgan fingerprint density at radius 1 is 1.02 bits per heavy atom. The van der Waals surface area contributed by atoms with Crippen LogP contribution < -0.4 is 15.3 Å². The number of esters is 1. The number of fused-ring (bicyclic) bond motifs is 1. The fourth-order valence-electron chi connectivity index (χ4n) is 7.07. The molecule has 1 aliphatic heterocycles. The molecule has 1 fully saturated rings. The monoisotopic (exact) mass is 814 g/mol. The van der Waals surface area contributed by atoms with Gasteiger partial charge in [-0.2, -0.15) is 19.4 Å². The molecule has 0 aliphatic carbocycles. The largest absolute Gasteiger partial charge is 0.461 e. The van der Waals surface area contributed by atoms with E-state index < -0.39 is 50.4 Å². The third kappa shape index (κ3) is 14.3. The van der Waals surface area contributed by atoms with E-state index in [0.717, 1.165) is 51.4 Å². The molecule has 4 rings (SSSR count). The molecule has 0 bridgehead atoms. The number of nitrogen functional groups attached to an aromatic ring is 1. The van der Waals surface area contributed by atoms with Gasteiger partial charge in [0.15, 0.2) is 22.6 Å². The Labute approximate surface area is 338 Å². The maximum absolute atomic E-state index is 14.5. The molecule has 4 N–H and O–H groups in total. The van der Waals surface area contributed by atoms with Crippen molar-refractivity contribution in [1.29, 1.82) is 0 Å². The van der Waals surface area contributed by atoms with Gasteiger partial charge in [0, 0.05) is 6.42 Å². The topological polar surface area (TPSA) is 173 Å². The van der Waals surface area contributed by atoms with Crippen LogP contribution in [-0.4, -0.2) is 61.1 Å². The summed E-state index contributed by atoms with van der Waals surface area (Å²) in [5, 5.41) is 14.0. The second kappa shape index (κ2) is 23.7. The molecular formula is C42H64FN6O7P. The Morgan fingerprint density at radius 2 is 1.60 bits per heavy atom. The summed E-state index contributed by atoms with van der Waals surface area (Å²) >= 11 is 0. The van der Waals surface area contributed by atoms with E-state index in [1.54, 1.807) is 37.3 Å². The number of nitrogens with two attached hydrogens (primary N) is 1. The summed E-state index contributed by atoms with van der Waals surface area (Å²) in [5.41, 5.74) is 4.19. The van der Waals surface area contributed by atoms with Gasteiger partial charge in [-0.25, -0.2) is 9.55 Å². The van der Waals surface area contributed by atoms with Crippen LogP contribution >= 0.6 is 7.75 Å². The number of nitrogens with one attached hydrogen (secondary N) is 1. The van der Waals surface area contributed by atoms with Gasteiger partial charge in [0.2, 0.25) is 0 Å². The minimum absolute atomic E-state index is 0.0427. The van der Waals surface area contributed by atoms with Gasteiger partial charge in [-0.15, -0.1) is 6.42 Å². The van der Waals surface area contributed by atoms with Gasteiger partial charge in [0.1, 0.15) is 36.8 Å². The fraction of sp³-hybridized carbons (Fsp3) is 0.667. The van der Waals surface area contributed by atoms with Crippen molar-refractivity contribution in [3.8, 4) is 18.1 Å². The van der Waals surface area contributed by atoms with Crippen LogP contribution in [0.3, 0.4) is 0 Å². The molecule has 316 valence electrons. The maximum Gasteiger partial charge on any atom is 0.459 e. The highest BCUT2D eigenvalue weighted by atomic mass is 31.2. The first kappa shape index (κ1) is 46.1. The van der Waals surface area contributed by atoms with E-state index in [2.05, 4.69) is 39.8 Å². The number of hydrogen-bond donors (Lipinski definition) is 3. The van der Waals surface area contributed by atoms with Crippen LogP contribution in [0.5, 0.6) is 5.75 Å². The van der Waals surface area contributed by atoms with E-state index in [-0.39, 0.29) is 35.3 Å². The normalized spacial score (nSPS) is 19.7. The number of para-hydroxylation sites is 1. The molecule has 57 heavy (non-hydrogen) atoms. The lowest BCUT2D eigenvalue weighted by Crippen LogP contribution is -2.44. The lowest BCUT2D eigenvalue weighted by molar-refractivity contribution is -0.151. The molecule has 1 aromatic carbocycles. The number of aliphatic hydroxyl groups excluding tert-OH is 1. The highest BCUT2D eigenvalue weighted by Crippen LogP contribution is 2.48. The molecule has 1 aliphatic rings. The quantitative estimate of drug-likeness (QED) is 0.0209. The van der Waals surface area contributed by atoms with Crippen LogP contribution in [0, 0.1) is 18.4 Å². The van der Waals surface area contributed by atoms with Gasteiger partial charge in [-0.3, -0.25) is 13.9 Å². The Balaban J connectivity index is 1.41. The van der Waals surface area contributed by atoms with Gasteiger partial charge in [-0.05, 0) is 44.7 Å². The van der Waals surface area contributed by atoms with Gasteiger partial charge in [-0.1, -0.05) is 128 Å². The van der Waals surface area contributed by atoms with Gasteiger partial charge in [0.05, 0.1) is 6.33 Å². The zero-order valence-electron chi connectivity index (χ0n) is 34.1. The van der Waals surface area contributed by atoms with Crippen molar-refractivity contribution < 1.29 is 37.4 Å². The van der Waals surface area contributed by atoms with Gasteiger partial charge >= 0.3 is 19.8 Å². The first-order chi connectivity index (χ1) is 27.5. The number of anilines is 1. The number of ether oxygens (including phenoxy) is 2. The third-order valence-electron chi connectivity index (χ3n) is 10.5. The van der Waals surface area contributed by atoms with Crippen molar-refractivity contribution in [2.45, 2.75) is 173 Å². The van der Waals surface area contributed by atoms with Crippen LogP contribution in [0.15, 0.2) is 36.7 Å². The molecule has 0 saturated carbocycles. The summed E-state index contributed by atoms with van der Waals surface area (Å²) in [7, 11) is -4.39. The van der Waals surface area contributed by atoms with Crippen LogP contribution in [0.1, 0.15) is 149 Å². The van der Waals surface area contributed by atoms with Crippen molar-refractivity contribution >= 4 is 30.7 Å². The van der Waals surface area contributed by atoms with E-state index in [4.69, 9.17) is 30.7 Å². The predicted molar refractivity (Wildman–Crippen MR) is 220 cm³/mol. The molecule has 0 spiro atoms. The number of hydrogen-bond acceptors (Lipinski definition) is 11. The highest BCUT2D eigenvalue weighted by Gasteiger charge is 2.50. The van der Waals surface area contributed by atoms with Crippen LogP contribution in [0.4, 0.5) is 10.2 Å². The van der Waals surface area contributed by atoms with E-state index in [1.807, 2.05) is 0 Å². The molecule has 0 radical (unpaired) electrons. The lowest BCUT2D eigenvalue weighted by Gasteiger charge is -2.30. The zero-order valence-corrected chi connectivity index (χ0v) is 35.0. The number of nitrogens with zero attached hydrogens (tertiary/aromatic N) is 4. The maximum atomic E-state index is 14.5. The second-order valence-electron chi connectivity index (χ2n) is 15.2. The SMILES string of the molecule is C#C[C@]1(COP(=O)(N[C@@H](C)C(=O)OC(CCCCCCCCCC)CCCCCCCCCC)Oc2ccccc2)O[C@@H](n2cnc3c(N)nc(F)nc32)C[C@@H]1O. The molecule has 1 saturated heterocycles. The first-order valence-corrected chi connectivity index (χ1v) is 22.5. The molecule has 2 aromatic heterocycles. The number of benzene rings is 1. The fourth-order valence-corrected chi connectivity index (χ4v) is 8.59. The number of unbranched alkanes of at least 4 members (excludes halogenated alkanes) is 14. The number of aliphatic hydroxyl groups is 1. The molecule has 5 atom stereocenters. The summed E-state index contributed by atoms with van der Waals surface area (Å²) in [5.74, 6) is 1.92. The lowest BCUT2D eigenvalue weighted by atomic mass is 9.99.